The van der Waals surface area contributed by atoms with E-state index < -0.39 is 0 Å². The molecule has 3 saturated heterocycles. The number of nitrogens with one attached hydrogen (secondary N) is 1. The van der Waals surface area contributed by atoms with E-state index in [1.165, 1.54) is 0 Å². The van der Waals surface area contributed by atoms with E-state index in [0.29, 0.717) is 28.1 Å². The molecule has 1 aromatic heterocycles. The van der Waals surface area contributed by atoms with Crippen LogP contribution in [0, 0.1) is 12.7 Å². The molecule has 0 aliphatic carbocycles. The minimum absolute atomic E-state index is 0.231. The van der Waals surface area contributed by atoms with Crippen LogP contribution in [0.15, 0.2) is 41.2 Å². The molecule has 3 aliphatic rings. The van der Waals surface area contributed by atoms with Crippen molar-refractivity contribution >= 4 is 16.6 Å². The van der Waals surface area contributed by atoms with Crippen molar-refractivity contribution in [3.63, 3.8) is 0 Å². The summed E-state index contributed by atoms with van der Waals surface area (Å²) < 4.78 is 14.5. The van der Waals surface area contributed by atoms with Gasteiger partial charge in [0.2, 0.25) is 0 Å². The first-order valence-electron chi connectivity index (χ1n) is 9.89. The second-order valence-corrected chi connectivity index (χ2v) is 7.82. The Kier molecular flexibility index (Phi) is 4.16. The largest absolute Gasteiger partial charge is 0.367 e. The van der Waals surface area contributed by atoms with Crippen LogP contribution < -0.4 is 10.5 Å². The highest BCUT2D eigenvalue weighted by molar-refractivity contribution is 5.83. The molecule has 3 fully saturated rings. The maximum atomic E-state index is 14.5. The molecule has 5 nitrogen and oxygen atoms in total. The molecule has 6 rings (SSSR count). The molecule has 0 atom stereocenters. The van der Waals surface area contributed by atoms with Crippen molar-refractivity contribution in [1.29, 1.82) is 0 Å². The van der Waals surface area contributed by atoms with Crippen LogP contribution in [0.2, 0.25) is 0 Å². The Hall–Kier alpha value is -2.73. The van der Waals surface area contributed by atoms with Gasteiger partial charge in [0, 0.05) is 37.9 Å². The number of benzene rings is 2. The molecule has 0 radical (unpaired) electrons. The number of halogens is 1. The molecule has 28 heavy (non-hydrogen) atoms. The summed E-state index contributed by atoms with van der Waals surface area (Å²) in [4.78, 5) is 25.0. The first kappa shape index (κ1) is 17.4. The van der Waals surface area contributed by atoms with Crippen LogP contribution in [0.5, 0.6) is 0 Å². The zero-order chi connectivity index (χ0) is 19.3. The van der Waals surface area contributed by atoms with Crippen LogP contribution in [0.25, 0.3) is 22.3 Å². The molecule has 0 unspecified atom stereocenters. The molecule has 0 amide bonds. The van der Waals surface area contributed by atoms with Crippen molar-refractivity contribution in [2.45, 2.75) is 25.8 Å². The van der Waals surface area contributed by atoms with Gasteiger partial charge in [-0.2, -0.15) is 0 Å². The summed E-state index contributed by atoms with van der Waals surface area (Å²) in [6.07, 6.45) is 2.33. The summed E-state index contributed by atoms with van der Waals surface area (Å²) in [7, 11) is 0. The predicted octanol–water partition coefficient (Wildman–Crippen LogP) is 3.32. The summed E-state index contributed by atoms with van der Waals surface area (Å²) in [6.45, 7) is 6.06. The molecule has 2 bridgehead atoms. The van der Waals surface area contributed by atoms with Gasteiger partial charge in [-0.25, -0.2) is 9.37 Å². The number of hydrogen-bond acceptors (Lipinski definition) is 4. The maximum Gasteiger partial charge on any atom is 0.259 e. The van der Waals surface area contributed by atoms with Crippen LogP contribution in [-0.2, 0) is 0 Å². The van der Waals surface area contributed by atoms with Crippen molar-refractivity contribution < 1.29 is 4.39 Å². The third kappa shape index (κ3) is 2.88. The molecule has 1 N–H and O–H groups in total. The molecule has 0 spiro atoms. The molecule has 6 heteroatoms. The van der Waals surface area contributed by atoms with E-state index >= 15 is 0 Å². The number of nitrogens with zero attached hydrogens (tertiary/aromatic N) is 3. The fourth-order valence-electron chi connectivity index (χ4n) is 4.49. The van der Waals surface area contributed by atoms with Gasteiger partial charge in [-0.1, -0.05) is 12.1 Å². The molecule has 0 saturated carbocycles. The zero-order valence-electron chi connectivity index (χ0n) is 15.9. The highest BCUT2D eigenvalue weighted by Crippen LogP contribution is 2.29. The zero-order valence-corrected chi connectivity index (χ0v) is 15.9. The fraction of sp³-hybridized carbons (Fsp3) is 0.364. The lowest BCUT2D eigenvalue weighted by Gasteiger charge is -2.33. The molecule has 3 aromatic rings. The minimum atomic E-state index is -0.350. The third-order valence-electron chi connectivity index (χ3n) is 6.12. The van der Waals surface area contributed by atoms with Gasteiger partial charge in [0.05, 0.1) is 16.5 Å². The van der Waals surface area contributed by atoms with Crippen molar-refractivity contribution in [2.24, 2.45) is 0 Å². The summed E-state index contributed by atoms with van der Waals surface area (Å²) in [5.41, 5.74) is 2.28. The molecule has 3 aliphatic heterocycles. The van der Waals surface area contributed by atoms with E-state index in [4.69, 9.17) is 0 Å². The van der Waals surface area contributed by atoms with Crippen LogP contribution >= 0.6 is 0 Å². The second kappa shape index (κ2) is 6.71. The van der Waals surface area contributed by atoms with Crippen LogP contribution in [-0.4, -0.2) is 47.1 Å². The van der Waals surface area contributed by atoms with Gasteiger partial charge < -0.3 is 14.8 Å². The number of aromatic nitrogens is 2. The molecule has 144 valence electrons. The maximum absolute atomic E-state index is 14.5. The second-order valence-electron chi connectivity index (χ2n) is 7.82. The van der Waals surface area contributed by atoms with E-state index in [-0.39, 0.29) is 17.2 Å². The van der Waals surface area contributed by atoms with Crippen LogP contribution in [0.3, 0.4) is 0 Å². The third-order valence-corrected chi connectivity index (χ3v) is 6.12. The Morgan fingerprint density at radius 1 is 1.11 bits per heavy atom. The lowest BCUT2D eigenvalue weighted by molar-refractivity contribution is 0.250. The number of aryl methyl sites for hydroxylation is 1. The van der Waals surface area contributed by atoms with Gasteiger partial charge in [-0.15, -0.1) is 0 Å². The highest BCUT2D eigenvalue weighted by Gasteiger charge is 2.29. The van der Waals surface area contributed by atoms with Gasteiger partial charge in [-0.3, -0.25) is 4.79 Å². The van der Waals surface area contributed by atoms with Crippen molar-refractivity contribution in [1.82, 2.24) is 14.9 Å². The van der Waals surface area contributed by atoms with E-state index in [1.54, 1.807) is 25.1 Å². The lowest BCUT2D eigenvalue weighted by Crippen LogP contribution is -2.37. The number of rotatable bonds is 2. The molecular formula is C22H23FN4O. The van der Waals surface area contributed by atoms with E-state index in [2.05, 4.69) is 19.8 Å². The molecule has 2 aromatic carbocycles. The van der Waals surface area contributed by atoms with Crippen LogP contribution in [0.4, 0.5) is 10.1 Å². The summed E-state index contributed by atoms with van der Waals surface area (Å²) >= 11 is 0. The Labute approximate surface area is 162 Å². The average molecular weight is 378 g/mol. The first-order valence-corrected chi connectivity index (χ1v) is 9.89. The summed E-state index contributed by atoms with van der Waals surface area (Å²) in [6, 6.07) is 11.5. The number of piperidine rings is 1. The Balaban J connectivity index is 1.57. The summed E-state index contributed by atoms with van der Waals surface area (Å²) in [5.74, 6) is -0.0790. The highest BCUT2D eigenvalue weighted by atomic mass is 19.1. The minimum Gasteiger partial charge on any atom is -0.367 e. The van der Waals surface area contributed by atoms with Gasteiger partial charge in [-0.05, 0) is 49.6 Å². The predicted molar refractivity (Wildman–Crippen MR) is 109 cm³/mol. The number of fused-ring (bicyclic) bond motifs is 5. The Morgan fingerprint density at radius 2 is 1.93 bits per heavy atom. The first-order chi connectivity index (χ1) is 13.6. The van der Waals surface area contributed by atoms with Gasteiger partial charge >= 0.3 is 0 Å². The molecular weight excluding hydrogens is 355 g/mol. The smallest absolute Gasteiger partial charge is 0.259 e. The van der Waals surface area contributed by atoms with Crippen molar-refractivity contribution in [2.75, 3.05) is 31.1 Å². The topological polar surface area (TPSA) is 52.2 Å². The lowest BCUT2D eigenvalue weighted by atomic mass is 10.0. The number of anilines is 1. The van der Waals surface area contributed by atoms with E-state index in [1.807, 2.05) is 18.2 Å². The average Bonchev–Trinajstić information content (AvgIpc) is 3.04. The number of aromatic amines is 1. The van der Waals surface area contributed by atoms with E-state index in [0.717, 1.165) is 44.7 Å². The van der Waals surface area contributed by atoms with Crippen LogP contribution in [0.1, 0.15) is 18.4 Å². The van der Waals surface area contributed by atoms with Gasteiger partial charge in [0.15, 0.2) is 0 Å². The number of hydrogen-bond donors (Lipinski definition) is 1. The fourth-order valence-corrected chi connectivity index (χ4v) is 4.49. The quantitative estimate of drug-likeness (QED) is 0.743. The molecule has 4 heterocycles. The van der Waals surface area contributed by atoms with Gasteiger partial charge in [0.25, 0.3) is 5.56 Å². The standard InChI is InChI=1S/C22H23FN4O/c1-14-3-2-4-17(20(14)23)21-24-19-6-5-16(13-18(19)22(28)25-21)27-12-11-26-9-7-15(27)8-10-26/h2-6,13,15H,7-12H2,1H3,(H,24,25,28). The monoisotopic (exact) mass is 378 g/mol. The van der Waals surface area contributed by atoms with Gasteiger partial charge in [0.1, 0.15) is 11.6 Å². The number of H-pyrrole nitrogens is 1. The Bertz CT molecular complexity index is 1100. The normalized spacial score (nSPS) is 21.9. The Morgan fingerprint density at radius 3 is 2.75 bits per heavy atom. The SMILES string of the molecule is Cc1cccc(-c2nc3ccc(N4CCN5CCC4CC5)cc3c(=O)[nH]2)c1F. The van der Waals surface area contributed by atoms with Crippen molar-refractivity contribution in [3.05, 3.63) is 58.1 Å². The van der Waals surface area contributed by atoms with E-state index in [9.17, 15) is 9.18 Å². The summed E-state index contributed by atoms with van der Waals surface area (Å²) in [5, 5.41) is 0.549. The van der Waals surface area contributed by atoms with Crippen molar-refractivity contribution in [3.8, 4) is 11.4 Å².